The average molecular weight is 250 g/mol. The second-order valence-electron chi connectivity index (χ2n) is 5.72. The van der Waals surface area contributed by atoms with Crippen molar-refractivity contribution >= 4 is 0 Å². The van der Waals surface area contributed by atoms with Crippen molar-refractivity contribution in [1.82, 2.24) is 19.8 Å². The van der Waals surface area contributed by atoms with E-state index in [9.17, 15) is 0 Å². The van der Waals surface area contributed by atoms with Crippen LogP contribution in [0.25, 0.3) is 0 Å². The van der Waals surface area contributed by atoms with E-state index in [1.807, 2.05) is 12.4 Å². The molecule has 102 valence electrons. The van der Waals surface area contributed by atoms with Gasteiger partial charge in [0.15, 0.2) is 0 Å². The predicted octanol–water partition coefficient (Wildman–Crippen LogP) is 1.28. The second kappa shape index (κ2) is 6.34. The summed E-state index contributed by atoms with van der Waals surface area (Å²) in [5.74, 6) is 2.02. The smallest absolute Gasteiger partial charge is 0.109 e. The number of hydrogen-bond donors (Lipinski definition) is 1. The van der Waals surface area contributed by atoms with Gasteiger partial charge in [-0.2, -0.15) is 0 Å². The minimum absolute atomic E-state index is 0.603. The summed E-state index contributed by atoms with van der Waals surface area (Å²) in [5.41, 5.74) is 0. The van der Waals surface area contributed by atoms with Crippen molar-refractivity contribution in [3.63, 3.8) is 0 Å². The van der Waals surface area contributed by atoms with Crippen molar-refractivity contribution in [3.8, 4) is 0 Å². The van der Waals surface area contributed by atoms with Crippen LogP contribution in [0.1, 0.15) is 26.1 Å². The van der Waals surface area contributed by atoms with Crippen LogP contribution in [0.3, 0.4) is 0 Å². The lowest BCUT2D eigenvalue weighted by Gasteiger charge is -2.17. The van der Waals surface area contributed by atoms with Crippen LogP contribution in [0.4, 0.5) is 0 Å². The maximum Gasteiger partial charge on any atom is 0.109 e. The van der Waals surface area contributed by atoms with Gasteiger partial charge in [0.25, 0.3) is 0 Å². The van der Waals surface area contributed by atoms with Gasteiger partial charge in [0.05, 0.1) is 0 Å². The van der Waals surface area contributed by atoms with Crippen LogP contribution in [-0.2, 0) is 13.5 Å². The largest absolute Gasteiger partial charge is 0.338 e. The van der Waals surface area contributed by atoms with Crippen LogP contribution in [0, 0.1) is 5.92 Å². The monoisotopic (exact) mass is 250 g/mol. The second-order valence-corrected chi connectivity index (χ2v) is 5.72. The van der Waals surface area contributed by atoms with Crippen LogP contribution in [0.2, 0.25) is 0 Å². The van der Waals surface area contributed by atoms with Gasteiger partial charge in [0, 0.05) is 45.0 Å². The van der Waals surface area contributed by atoms with Gasteiger partial charge in [-0.3, -0.25) is 0 Å². The van der Waals surface area contributed by atoms with Gasteiger partial charge >= 0.3 is 0 Å². The molecule has 4 heteroatoms. The summed E-state index contributed by atoms with van der Waals surface area (Å²) in [4.78, 5) is 6.95. The molecule has 18 heavy (non-hydrogen) atoms. The Morgan fingerprint density at radius 1 is 1.50 bits per heavy atom. The van der Waals surface area contributed by atoms with Gasteiger partial charge in [0.1, 0.15) is 5.82 Å². The lowest BCUT2D eigenvalue weighted by Crippen LogP contribution is -2.31. The lowest BCUT2D eigenvalue weighted by atomic mass is 10.1. The van der Waals surface area contributed by atoms with E-state index in [-0.39, 0.29) is 0 Å². The molecule has 0 aromatic carbocycles. The average Bonchev–Trinajstić information content (AvgIpc) is 2.93. The third-order valence-electron chi connectivity index (χ3n) is 3.76. The van der Waals surface area contributed by atoms with Crippen LogP contribution in [0.15, 0.2) is 12.4 Å². The van der Waals surface area contributed by atoms with Crippen molar-refractivity contribution < 1.29 is 0 Å². The summed E-state index contributed by atoms with van der Waals surface area (Å²) in [6.45, 7) is 9.22. The number of hydrogen-bond acceptors (Lipinski definition) is 3. The highest BCUT2D eigenvalue weighted by atomic mass is 15.2. The summed E-state index contributed by atoms with van der Waals surface area (Å²) in [6, 6.07) is 0.603. The van der Waals surface area contributed by atoms with E-state index in [1.165, 1.54) is 25.3 Å². The Balaban J connectivity index is 1.68. The van der Waals surface area contributed by atoms with E-state index in [0.29, 0.717) is 6.04 Å². The van der Waals surface area contributed by atoms with E-state index in [1.54, 1.807) is 0 Å². The van der Waals surface area contributed by atoms with Crippen molar-refractivity contribution in [2.75, 3.05) is 26.2 Å². The van der Waals surface area contributed by atoms with Crippen LogP contribution in [-0.4, -0.2) is 46.7 Å². The first kappa shape index (κ1) is 13.6. The summed E-state index contributed by atoms with van der Waals surface area (Å²) < 4.78 is 2.12. The van der Waals surface area contributed by atoms with E-state index in [4.69, 9.17) is 0 Å². The minimum atomic E-state index is 0.603. The molecule has 1 aliphatic rings. The van der Waals surface area contributed by atoms with E-state index in [2.05, 4.69) is 40.7 Å². The molecule has 0 amide bonds. The first-order valence-electron chi connectivity index (χ1n) is 7.07. The van der Waals surface area contributed by atoms with E-state index in [0.717, 1.165) is 25.4 Å². The molecule has 1 aromatic heterocycles. The van der Waals surface area contributed by atoms with Gasteiger partial charge in [-0.05, 0) is 25.4 Å². The van der Waals surface area contributed by atoms with Crippen molar-refractivity contribution in [2.45, 2.75) is 32.7 Å². The molecule has 1 fully saturated rings. The Morgan fingerprint density at radius 3 is 3.00 bits per heavy atom. The number of imidazole rings is 1. The molecule has 0 aliphatic carbocycles. The standard InChI is InChI=1S/C14H26N4/c1-12(2)16-10-13-4-7-18(11-13)8-5-14-15-6-9-17(14)3/h6,9,12-13,16H,4-5,7-8,10-11H2,1-3H3. The van der Waals surface area contributed by atoms with Gasteiger partial charge in [-0.1, -0.05) is 13.8 Å². The molecule has 1 N–H and O–H groups in total. The van der Waals surface area contributed by atoms with Crippen molar-refractivity contribution in [2.24, 2.45) is 13.0 Å². The number of rotatable bonds is 6. The Bertz CT molecular complexity index is 358. The third kappa shape index (κ3) is 3.82. The zero-order valence-corrected chi connectivity index (χ0v) is 11.9. The van der Waals surface area contributed by atoms with Crippen LogP contribution >= 0.6 is 0 Å². The zero-order chi connectivity index (χ0) is 13.0. The molecular weight excluding hydrogens is 224 g/mol. The predicted molar refractivity (Wildman–Crippen MR) is 74.6 cm³/mol. The number of aryl methyl sites for hydroxylation is 1. The molecule has 4 nitrogen and oxygen atoms in total. The molecule has 0 spiro atoms. The fourth-order valence-electron chi connectivity index (χ4n) is 2.58. The maximum absolute atomic E-state index is 4.38. The third-order valence-corrected chi connectivity index (χ3v) is 3.76. The highest BCUT2D eigenvalue weighted by molar-refractivity contribution is 4.92. The Hall–Kier alpha value is -0.870. The normalized spacial score (nSPS) is 21.0. The SMILES string of the molecule is CC(C)NCC1CCN(CCc2nccn2C)C1. The quantitative estimate of drug-likeness (QED) is 0.826. The first-order chi connectivity index (χ1) is 8.65. The fourth-order valence-corrected chi connectivity index (χ4v) is 2.58. The van der Waals surface area contributed by atoms with Gasteiger partial charge in [-0.15, -0.1) is 0 Å². The molecule has 1 atom stereocenters. The molecule has 0 radical (unpaired) electrons. The molecule has 2 heterocycles. The van der Waals surface area contributed by atoms with Gasteiger partial charge < -0.3 is 14.8 Å². The Kier molecular flexibility index (Phi) is 4.78. The van der Waals surface area contributed by atoms with E-state index < -0.39 is 0 Å². The molecule has 1 saturated heterocycles. The summed E-state index contributed by atoms with van der Waals surface area (Å²) in [5, 5.41) is 3.54. The molecule has 0 saturated carbocycles. The first-order valence-corrected chi connectivity index (χ1v) is 7.07. The van der Waals surface area contributed by atoms with Gasteiger partial charge in [-0.25, -0.2) is 4.98 Å². The van der Waals surface area contributed by atoms with Crippen LogP contribution in [0.5, 0.6) is 0 Å². The van der Waals surface area contributed by atoms with Crippen LogP contribution < -0.4 is 5.32 Å². The zero-order valence-electron chi connectivity index (χ0n) is 11.9. The molecule has 1 aromatic rings. The topological polar surface area (TPSA) is 33.1 Å². The molecule has 1 unspecified atom stereocenters. The molecular formula is C14H26N4. The number of nitrogens with zero attached hydrogens (tertiary/aromatic N) is 3. The summed E-state index contributed by atoms with van der Waals surface area (Å²) in [6.07, 6.45) is 6.30. The number of nitrogens with one attached hydrogen (secondary N) is 1. The van der Waals surface area contributed by atoms with Crippen molar-refractivity contribution in [3.05, 3.63) is 18.2 Å². The number of likely N-dealkylation sites (tertiary alicyclic amines) is 1. The molecule has 1 aliphatic heterocycles. The minimum Gasteiger partial charge on any atom is -0.338 e. The van der Waals surface area contributed by atoms with E-state index >= 15 is 0 Å². The number of aromatic nitrogens is 2. The summed E-state index contributed by atoms with van der Waals surface area (Å²) in [7, 11) is 2.07. The molecule has 0 bridgehead atoms. The lowest BCUT2D eigenvalue weighted by molar-refractivity contribution is 0.320. The Labute approximate surface area is 110 Å². The van der Waals surface area contributed by atoms with Gasteiger partial charge in [0.2, 0.25) is 0 Å². The summed E-state index contributed by atoms with van der Waals surface area (Å²) >= 11 is 0. The Morgan fingerprint density at radius 2 is 2.33 bits per heavy atom. The molecule has 2 rings (SSSR count). The fraction of sp³-hybridized carbons (Fsp3) is 0.786. The highest BCUT2D eigenvalue weighted by Crippen LogP contribution is 2.15. The maximum atomic E-state index is 4.38. The van der Waals surface area contributed by atoms with Crippen molar-refractivity contribution in [1.29, 1.82) is 0 Å². The highest BCUT2D eigenvalue weighted by Gasteiger charge is 2.22.